The van der Waals surface area contributed by atoms with E-state index in [1.165, 1.54) is 0 Å². The molecule has 0 bridgehead atoms. The third-order valence-corrected chi connectivity index (χ3v) is 3.32. The highest BCUT2D eigenvalue weighted by Crippen LogP contribution is 2.33. The number of nitrogens with one attached hydrogen (secondary N) is 1. The van der Waals surface area contributed by atoms with E-state index in [2.05, 4.69) is 19.2 Å². The molecule has 0 aromatic heterocycles. The minimum absolute atomic E-state index is 0.00389. The third kappa shape index (κ3) is 2.57. The van der Waals surface area contributed by atoms with Crippen LogP contribution in [0.4, 0.5) is 0 Å². The van der Waals surface area contributed by atoms with Crippen molar-refractivity contribution in [3.8, 4) is 0 Å². The molecule has 1 rings (SSSR count). The number of carbonyl (C=O) groups is 1. The molecule has 1 atom stereocenters. The van der Waals surface area contributed by atoms with Gasteiger partial charge >= 0.3 is 0 Å². The Morgan fingerprint density at radius 2 is 2.14 bits per heavy atom. The Kier molecular flexibility index (Phi) is 4.59. The van der Waals surface area contributed by atoms with Crippen molar-refractivity contribution in [1.82, 2.24) is 5.32 Å². The van der Waals surface area contributed by atoms with Crippen molar-refractivity contribution in [1.29, 1.82) is 0 Å². The molecule has 0 aromatic rings. The normalized spacial score (nSPS) is 26.7. The van der Waals surface area contributed by atoms with E-state index in [9.17, 15) is 4.79 Å². The van der Waals surface area contributed by atoms with Crippen LogP contribution in [-0.2, 0) is 4.79 Å². The minimum Gasteiger partial charge on any atom is -0.316 e. The first-order valence-electron chi connectivity index (χ1n) is 5.99. The van der Waals surface area contributed by atoms with Crippen molar-refractivity contribution < 1.29 is 4.79 Å². The highest BCUT2D eigenvalue weighted by atomic mass is 16.1. The summed E-state index contributed by atoms with van der Waals surface area (Å²) in [6.45, 7) is 6.26. The molecule has 0 radical (unpaired) electrons. The summed E-state index contributed by atoms with van der Waals surface area (Å²) in [5.74, 6) is 0.506. The fraction of sp³-hybridized carbons (Fsp3) is 0.917. The zero-order valence-electron chi connectivity index (χ0n) is 9.57. The molecular weight excluding hydrogens is 174 g/mol. The highest BCUT2D eigenvalue weighted by molar-refractivity contribution is 5.85. The maximum Gasteiger partial charge on any atom is 0.140 e. The fourth-order valence-electron chi connectivity index (χ4n) is 2.42. The Labute approximate surface area is 87.5 Å². The Morgan fingerprint density at radius 1 is 1.36 bits per heavy atom. The highest BCUT2D eigenvalue weighted by Gasteiger charge is 2.38. The molecule has 1 saturated heterocycles. The van der Waals surface area contributed by atoms with Crippen LogP contribution in [0.1, 0.15) is 52.4 Å². The number of Topliss-reactive ketones (excluding diaryl/α,β-unsaturated/α-hetero) is 1. The van der Waals surface area contributed by atoms with Crippen LogP contribution in [0.5, 0.6) is 0 Å². The van der Waals surface area contributed by atoms with Crippen LogP contribution >= 0.6 is 0 Å². The number of rotatable bonds is 6. The average molecular weight is 197 g/mol. The maximum atomic E-state index is 12.1. The van der Waals surface area contributed by atoms with Gasteiger partial charge in [-0.15, -0.1) is 0 Å². The summed E-state index contributed by atoms with van der Waals surface area (Å²) in [6, 6.07) is 0. The fourth-order valence-corrected chi connectivity index (χ4v) is 2.42. The van der Waals surface area contributed by atoms with E-state index in [0.717, 1.165) is 51.6 Å². The largest absolute Gasteiger partial charge is 0.316 e. The second kappa shape index (κ2) is 5.50. The van der Waals surface area contributed by atoms with Gasteiger partial charge in [-0.1, -0.05) is 26.7 Å². The van der Waals surface area contributed by atoms with Gasteiger partial charge in [-0.05, 0) is 25.8 Å². The van der Waals surface area contributed by atoms with Crippen LogP contribution in [0, 0.1) is 5.41 Å². The monoisotopic (exact) mass is 197 g/mol. The van der Waals surface area contributed by atoms with Gasteiger partial charge in [0.05, 0.1) is 0 Å². The van der Waals surface area contributed by atoms with Crippen LogP contribution in [0.2, 0.25) is 0 Å². The van der Waals surface area contributed by atoms with Crippen LogP contribution in [-0.4, -0.2) is 18.9 Å². The first-order valence-corrected chi connectivity index (χ1v) is 5.99. The van der Waals surface area contributed by atoms with E-state index in [4.69, 9.17) is 0 Å². The Hall–Kier alpha value is -0.370. The van der Waals surface area contributed by atoms with Crippen LogP contribution in [0.15, 0.2) is 0 Å². The van der Waals surface area contributed by atoms with Gasteiger partial charge in [0.1, 0.15) is 5.78 Å². The number of carbonyl (C=O) groups excluding carboxylic acids is 1. The van der Waals surface area contributed by atoms with Gasteiger partial charge in [0.15, 0.2) is 0 Å². The third-order valence-electron chi connectivity index (χ3n) is 3.32. The summed E-state index contributed by atoms with van der Waals surface area (Å²) in [6.07, 6.45) is 6.23. The van der Waals surface area contributed by atoms with E-state index >= 15 is 0 Å². The van der Waals surface area contributed by atoms with Gasteiger partial charge < -0.3 is 5.32 Å². The van der Waals surface area contributed by atoms with Gasteiger partial charge in [0.25, 0.3) is 0 Å². The van der Waals surface area contributed by atoms with Gasteiger partial charge in [0.2, 0.25) is 0 Å². The summed E-state index contributed by atoms with van der Waals surface area (Å²) >= 11 is 0. The number of hydrogen-bond acceptors (Lipinski definition) is 2. The second-order valence-electron chi connectivity index (χ2n) is 4.48. The summed E-state index contributed by atoms with van der Waals surface area (Å²) in [7, 11) is 0. The Bertz CT molecular complexity index is 183. The lowest BCUT2D eigenvalue weighted by molar-refractivity contribution is -0.128. The van der Waals surface area contributed by atoms with Crippen LogP contribution in [0.3, 0.4) is 0 Å². The lowest BCUT2D eigenvalue weighted by atomic mass is 9.77. The predicted molar refractivity (Wildman–Crippen MR) is 59.4 cm³/mol. The van der Waals surface area contributed by atoms with E-state index in [-0.39, 0.29) is 5.41 Å². The lowest BCUT2D eigenvalue weighted by Gasteiger charge is -2.26. The Morgan fingerprint density at radius 3 is 2.64 bits per heavy atom. The van der Waals surface area contributed by atoms with E-state index in [1.54, 1.807) is 0 Å². The molecule has 0 aromatic carbocycles. The molecule has 1 heterocycles. The molecule has 0 aliphatic carbocycles. The van der Waals surface area contributed by atoms with Gasteiger partial charge in [-0.2, -0.15) is 0 Å². The molecule has 14 heavy (non-hydrogen) atoms. The van der Waals surface area contributed by atoms with Crippen molar-refractivity contribution in [2.75, 3.05) is 13.1 Å². The summed E-state index contributed by atoms with van der Waals surface area (Å²) in [5, 5.41) is 3.33. The van der Waals surface area contributed by atoms with Crippen LogP contribution < -0.4 is 5.32 Å². The average Bonchev–Trinajstić information content (AvgIpc) is 2.64. The van der Waals surface area contributed by atoms with Crippen molar-refractivity contribution in [3.05, 3.63) is 0 Å². The quantitative estimate of drug-likeness (QED) is 0.709. The van der Waals surface area contributed by atoms with Gasteiger partial charge in [0, 0.05) is 18.4 Å². The SMILES string of the molecule is CCCCC(=O)C1(CCC)CCNC1. The summed E-state index contributed by atoms with van der Waals surface area (Å²) in [4.78, 5) is 12.1. The molecule has 1 aliphatic rings. The second-order valence-corrected chi connectivity index (χ2v) is 4.48. The molecular formula is C12H23NO. The lowest BCUT2D eigenvalue weighted by Crippen LogP contribution is -2.33. The van der Waals surface area contributed by atoms with Crippen LogP contribution in [0.25, 0.3) is 0 Å². The number of ketones is 1. The molecule has 1 unspecified atom stereocenters. The zero-order chi connectivity index (χ0) is 10.4. The topological polar surface area (TPSA) is 29.1 Å². The maximum absolute atomic E-state index is 12.1. The molecule has 0 saturated carbocycles. The molecule has 2 heteroatoms. The molecule has 0 spiro atoms. The van der Waals surface area contributed by atoms with E-state index in [1.807, 2.05) is 0 Å². The zero-order valence-corrected chi connectivity index (χ0v) is 9.57. The molecule has 1 aliphatic heterocycles. The van der Waals surface area contributed by atoms with E-state index < -0.39 is 0 Å². The number of unbranched alkanes of at least 4 members (excludes halogenated alkanes) is 1. The minimum atomic E-state index is 0.00389. The molecule has 1 N–H and O–H groups in total. The predicted octanol–water partition coefficient (Wildman–Crippen LogP) is 2.53. The van der Waals surface area contributed by atoms with Crippen molar-refractivity contribution in [3.63, 3.8) is 0 Å². The number of hydrogen-bond donors (Lipinski definition) is 1. The van der Waals surface area contributed by atoms with Crippen molar-refractivity contribution in [2.24, 2.45) is 5.41 Å². The summed E-state index contributed by atoms with van der Waals surface area (Å²) < 4.78 is 0. The molecule has 82 valence electrons. The summed E-state index contributed by atoms with van der Waals surface area (Å²) in [5.41, 5.74) is 0.00389. The van der Waals surface area contributed by atoms with Gasteiger partial charge in [-0.3, -0.25) is 4.79 Å². The van der Waals surface area contributed by atoms with Crippen molar-refractivity contribution in [2.45, 2.75) is 52.4 Å². The van der Waals surface area contributed by atoms with Gasteiger partial charge in [-0.25, -0.2) is 0 Å². The molecule has 0 amide bonds. The van der Waals surface area contributed by atoms with E-state index in [0.29, 0.717) is 5.78 Å². The standard InChI is InChI=1S/C12H23NO/c1-3-5-6-11(14)12(7-4-2)8-9-13-10-12/h13H,3-10H2,1-2H3. The smallest absolute Gasteiger partial charge is 0.140 e. The first kappa shape index (κ1) is 11.7. The first-order chi connectivity index (χ1) is 6.75. The molecule has 2 nitrogen and oxygen atoms in total. The van der Waals surface area contributed by atoms with Crippen molar-refractivity contribution >= 4 is 5.78 Å². The molecule has 1 fully saturated rings. The Balaban J connectivity index is 2.52.